The Balaban J connectivity index is 1.65. The Bertz CT molecular complexity index is 1220. The Labute approximate surface area is 251 Å². The third-order valence-electron chi connectivity index (χ3n) is 13.6. The van der Waals surface area contributed by atoms with Gasteiger partial charge in [-0.05, 0) is 110 Å². The molecular weight excluding hydrogens is 532 g/mol. The van der Waals surface area contributed by atoms with E-state index in [0.717, 1.165) is 56.8 Å². The van der Waals surface area contributed by atoms with Crippen molar-refractivity contribution in [3.63, 3.8) is 0 Å². The molecule has 0 N–H and O–H groups in total. The number of methoxy groups -OCH3 is 1. The van der Waals surface area contributed by atoms with E-state index in [0.29, 0.717) is 25.2 Å². The lowest BCUT2D eigenvalue weighted by Gasteiger charge is -2.71. The maximum Gasteiger partial charge on any atom is 0.319 e. The molecule has 0 aromatic heterocycles. The number of hydrogen-bond acceptors (Lipinski definition) is 7. The molecule has 0 radical (unpaired) electrons. The normalized spacial score (nSPS) is 45.7. The van der Waals surface area contributed by atoms with Crippen LogP contribution in [0.2, 0.25) is 0 Å². The van der Waals surface area contributed by atoms with E-state index in [1.165, 1.54) is 26.5 Å². The zero-order chi connectivity index (χ0) is 31.1. The molecule has 0 saturated heterocycles. The van der Waals surface area contributed by atoms with Gasteiger partial charge in [-0.25, -0.2) is 0 Å². The van der Waals surface area contributed by atoms with Crippen molar-refractivity contribution in [3.8, 4) is 0 Å². The molecule has 0 aliphatic heterocycles. The summed E-state index contributed by atoms with van der Waals surface area (Å²) in [6.45, 7) is 16.6. The Hall–Kier alpha value is -2.18. The van der Waals surface area contributed by atoms with Crippen molar-refractivity contribution < 1.29 is 33.4 Å². The number of carbonyl (C=O) groups is 4. The summed E-state index contributed by atoms with van der Waals surface area (Å²) < 4.78 is 17.4. The standard InChI is InChI=1S/C35H52O7/c1-21(37)41-27-13-14-31(5)25(32(27,6)20-36)12-15-33(7)26(31)11-10-23-24-18-30(3,4)16-17-35(24,29(39)40-9)28(42-22(2)38)19-34(23,33)8/h20,25-28H,10-19H2,1-9H3/t25-,26-,27+,28-,31+,32+,33-,34-,35-/m1/s1. The molecule has 0 spiro atoms. The highest BCUT2D eigenvalue weighted by Gasteiger charge is 2.71. The van der Waals surface area contributed by atoms with Crippen molar-refractivity contribution in [1.82, 2.24) is 0 Å². The molecular formula is C35H52O7. The monoisotopic (exact) mass is 584 g/mol. The van der Waals surface area contributed by atoms with E-state index in [4.69, 9.17) is 14.2 Å². The second-order valence-electron chi connectivity index (χ2n) is 16.1. The number of fused-ring (bicyclic) bond motifs is 6. The Morgan fingerprint density at radius 3 is 2.02 bits per heavy atom. The molecule has 42 heavy (non-hydrogen) atoms. The molecule has 0 heterocycles. The topological polar surface area (TPSA) is 96.0 Å². The Morgan fingerprint density at radius 2 is 1.43 bits per heavy atom. The molecule has 0 aromatic rings. The molecule has 5 aliphatic rings. The first-order valence-electron chi connectivity index (χ1n) is 16.1. The fourth-order valence-corrected chi connectivity index (χ4v) is 11.4. The number of rotatable bonds is 4. The van der Waals surface area contributed by atoms with Gasteiger partial charge in [-0.2, -0.15) is 0 Å². The van der Waals surface area contributed by atoms with Crippen molar-refractivity contribution in [2.45, 2.75) is 132 Å². The van der Waals surface area contributed by atoms with Crippen LogP contribution in [0.1, 0.15) is 120 Å². The summed E-state index contributed by atoms with van der Waals surface area (Å²) in [5.41, 5.74) is 0.380. The van der Waals surface area contributed by atoms with Crippen LogP contribution in [-0.2, 0) is 33.4 Å². The van der Waals surface area contributed by atoms with Gasteiger partial charge in [0.05, 0.1) is 12.5 Å². The molecule has 5 aliphatic carbocycles. The average Bonchev–Trinajstić information content (AvgIpc) is 2.89. The van der Waals surface area contributed by atoms with Crippen LogP contribution in [0.4, 0.5) is 0 Å². The van der Waals surface area contributed by atoms with Crippen LogP contribution in [0.5, 0.6) is 0 Å². The van der Waals surface area contributed by atoms with E-state index in [1.807, 2.05) is 6.92 Å². The Kier molecular flexibility index (Phi) is 7.38. The van der Waals surface area contributed by atoms with Crippen LogP contribution in [0.15, 0.2) is 11.1 Å². The summed E-state index contributed by atoms with van der Waals surface area (Å²) in [6, 6.07) is 0. The summed E-state index contributed by atoms with van der Waals surface area (Å²) in [6.07, 6.45) is 8.18. The molecule has 4 fully saturated rings. The van der Waals surface area contributed by atoms with E-state index < -0.39 is 23.0 Å². The van der Waals surface area contributed by atoms with E-state index in [2.05, 4.69) is 34.6 Å². The molecule has 4 saturated carbocycles. The van der Waals surface area contributed by atoms with Gasteiger partial charge in [0.25, 0.3) is 0 Å². The third-order valence-corrected chi connectivity index (χ3v) is 13.6. The fourth-order valence-electron chi connectivity index (χ4n) is 11.4. The molecule has 7 nitrogen and oxygen atoms in total. The highest BCUT2D eigenvalue weighted by molar-refractivity contribution is 5.83. The summed E-state index contributed by atoms with van der Waals surface area (Å²) >= 11 is 0. The lowest BCUT2D eigenvalue weighted by atomic mass is 9.33. The summed E-state index contributed by atoms with van der Waals surface area (Å²) in [7, 11) is 1.45. The van der Waals surface area contributed by atoms with Crippen molar-refractivity contribution in [2.75, 3.05) is 7.11 Å². The van der Waals surface area contributed by atoms with Crippen LogP contribution in [0.25, 0.3) is 0 Å². The molecule has 9 atom stereocenters. The first-order valence-corrected chi connectivity index (χ1v) is 16.1. The zero-order valence-electron chi connectivity index (χ0n) is 27.3. The average molecular weight is 585 g/mol. The summed E-state index contributed by atoms with van der Waals surface area (Å²) in [5.74, 6) is -0.537. The molecule has 0 bridgehead atoms. The van der Waals surface area contributed by atoms with Crippen LogP contribution in [-0.4, -0.2) is 43.5 Å². The largest absolute Gasteiger partial charge is 0.468 e. The SMILES string of the molecule is COC(=O)[C@]12CCC(C)(C)CC1=C1CC[C@@H]3[C@@]4(C)CC[C@H](OC(C)=O)[C@@](C)(C=O)[C@@H]4CC[C@@]3(C)[C@]1(C)C[C@H]2OC(C)=O. The Morgan fingerprint density at radius 1 is 0.786 bits per heavy atom. The maximum absolute atomic E-state index is 13.8. The van der Waals surface area contributed by atoms with Gasteiger partial charge in [0.15, 0.2) is 0 Å². The second kappa shape index (κ2) is 9.92. The molecule has 5 rings (SSSR count). The van der Waals surface area contributed by atoms with Gasteiger partial charge in [-0.3, -0.25) is 14.4 Å². The van der Waals surface area contributed by atoms with Gasteiger partial charge in [-0.1, -0.05) is 40.2 Å². The fraction of sp³-hybridized carbons (Fsp3) is 0.829. The number of ether oxygens (including phenoxy) is 3. The highest BCUT2D eigenvalue weighted by Crippen LogP contribution is 2.76. The van der Waals surface area contributed by atoms with E-state index in [-0.39, 0.29) is 45.5 Å². The van der Waals surface area contributed by atoms with Crippen LogP contribution in [0.3, 0.4) is 0 Å². The molecule has 0 amide bonds. The van der Waals surface area contributed by atoms with Gasteiger partial charge in [0.1, 0.15) is 23.9 Å². The smallest absolute Gasteiger partial charge is 0.319 e. The summed E-state index contributed by atoms with van der Waals surface area (Å²) in [5, 5.41) is 0. The van der Waals surface area contributed by atoms with E-state index in [9.17, 15) is 19.2 Å². The lowest BCUT2D eigenvalue weighted by Crippen LogP contribution is -2.67. The van der Waals surface area contributed by atoms with Gasteiger partial charge >= 0.3 is 17.9 Å². The molecule has 0 unspecified atom stereocenters. The molecule has 234 valence electrons. The predicted molar refractivity (Wildman–Crippen MR) is 158 cm³/mol. The molecule has 7 heteroatoms. The lowest BCUT2D eigenvalue weighted by molar-refractivity contribution is -0.218. The van der Waals surface area contributed by atoms with Gasteiger partial charge < -0.3 is 19.0 Å². The van der Waals surface area contributed by atoms with Crippen molar-refractivity contribution >= 4 is 24.2 Å². The quantitative estimate of drug-likeness (QED) is 0.156. The minimum absolute atomic E-state index is 0.0289. The van der Waals surface area contributed by atoms with Crippen LogP contribution in [0, 0.1) is 44.3 Å². The minimum Gasteiger partial charge on any atom is -0.468 e. The van der Waals surface area contributed by atoms with E-state index in [1.54, 1.807) is 0 Å². The maximum atomic E-state index is 13.8. The molecule has 0 aromatic carbocycles. The van der Waals surface area contributed by atoms with Crippen molar-refractivity contribution in [1.29, 1.82) is 0 Å². The number of allylic oxidation sites excluding steroid dienone is 1. The van der Waals surface area contributed by atoms with Crippen molar-refractivity contribution in [3.05, 3.63) is 11.1 Å². The number of esters is 3. The number of aldehydes is 1. The van der Waals surface area contributed by atoms with Crippen LogP contribution >= 0.6 is 0 Å². The third kappa shape index (κ3) is 4.10. The number of hydrogen-bond donors (Lipinski definition) is 0. The minimum atomic E-state index is -0.937. The van der Waals surface area contributed by atoms with Crippen LogP contribution < -0.4 is 0 Å². The predicted octanol–water partition coefficient (Wildman–Crippen LogP) is 6.76. The first-order chi connectivity index (χ1) is 19.4. The summed E-state index contributed by atoms with van der Waals surface area (Å²) in [4.78, 5) is 51.2. The van der Waals surface area contributed by atoms with Gasteiger partial charge in [0.2, 0.25) is 0 Å². The zero-order valence-corrected chi connectivity index (χ0v) is 27.3. The van der Waals surface area contributed by atoms with E-state index >= 15 is 0 Å². The van der Waals surface area contributed by atoms with Crippen molar-refractivity contribution in [2.24, 2.45) is 44.3 Å². The van der Waals surface area contributed by atoms with Gasteiger partial charge in [0, 0.05) is 13.8 Å². The highest BCUT2D eigenvalue weighted by atomic mass is 16.6. The first kappa shape index (κ1) is 31.3. The number of carbonyl (C=O) groups excluding carboxylic acids is 4. The van der Waals surface area contributed by atoms with Gasteiger partial charge in [-0.15, -0.1) is 0 Å². The second-order valence-corrected chi connectivity index (χ2v) is 16.1.